The van der Waals surface area contributed by atoms with Crippen molar-refractivity contribution in [3.8, 4) is 12.3 Å². The number of rotatable bonds is 5. The maximum atomic E-state index is 12.2. The van der Waals surface area contributed by atoms with Crippen LogP contribution in [-0.2, 0) is 9.47 Å². The molecule has 0 spiro atoms. The minimum Gasteiger partial charge on any atom is -0.448 e. The topological polar surface area (TPSA) is 123 Å². The zero-order valence-corrected chi connectivity index (χ0v) is 14.5. The molecule has 1 fully saturated rings. The summed E-state index contributed by atoms with van der Waals surface area (Å²) in [6.07, 6.45) is 3.48. The fourth-order valence-corrected chi connectivity index (χ4v) is 2.51. The molecule has 3 N–H and O–H groups in total. The number of thioether (sulfide) groups is 1. The molecule has 0 aromatic carbocycles. The summed E-state index contributed by atoms with van der Waals surface area (Å²) >= 11 is 1.51. The lowest BCUT2D eigenvalue weighted by molar-refractivity contribution is -0.0350. The first-order valence-corrected chi connectivity index (χ1v) is 8.82. The molecule has 1 aliphatic heterocycles. The van der Waals surface area contributed by atoms with Gasteiger partial charge in [0.1, 0.15) is 18.8 Å². The second kappa shape index (κ2) is 8.35. The number of aliphatic hydroxyl groups excluding tert-OH is 2. The smallest absolute Gasteiger partial charge is 0.412 e. The van der Waals surface area contributed by atoms with Gasteiger partial charge >= 0.3 is 11.8 Å². The number of carbonyl (C=O) groups excluding carboxylic acids is 1. The van der Waals surface area contributed by atoms with Crippen LogP contribution in [0.1, 0.15) is 18.7 Å². The molecule has 1 aromatic rings. The van der Waals surface area contributed by atoms with Crippen LogP contribution < -0.4 is 11.0 Å². The van der Waals surface area contributed by atoms with Crippen LogP contribution in [0.25, 0.3) is 0 Å². The normalized spacial score (nSPS) is 25.4. The Labute approximate surface area is 148 Å². The van der Waals surface area contributed by atoms with E-state index in [1.807, 2.05) is 6.26 Å². The maximum absolute atomic E-state index is 12.2. The number of amides is 1. The van der Waals surface area contributed by atoms with Crippen LogP contribution in [0, 0.1) is 12.3 Å². The first-order chi connectivity index (χ1) is 11.9. The molecule has 0 saturated carbocycles. The van der Waals surface area contributed by atoms with E-state index in [9.17, 15) is 19.8 Å². The molecule has 25 heavy (non-hydrogen) atoms. The SMILES string of the molecule is C#Cc1cn([C@@H]2O[C@H](C)C(O)C2O)c(=O)nc1NC(=O)OCCSC. The average molecular weight is 369 g/mol. The number of nitrogens with one attached hydrogen (secondary N) is 1. The molecule has 136 valence electrons. The van der Waals surface area contributed by atoms with E-state index in [0.29, 0.717) is 5.75 Å². The number of aromatic nitrogens is 2. The van der Waals surface area contributed by atoms with Gasteiger partial charge in [-0.05, 0) is 13.2 Å². The summed E-state index contributed by atoms with van der Waals surface area (Å²) in [5.41, 5.74) is -0.699. The van der Waals surface area contributed by atoms with Gasteiger partial charge in [-0.3, -0.25) is 9.88 Å². The van der Waals surface area contributed by atoms with Gasteiger partial charge in [-0.15, -0.1) is 6.42 Å². The number of aliphatic hydroxyl groups is 2. The molecule has 1 saturated heterocycles. The zero-order chi connectivity index (χ0) is 18.6. The van der Waals surface area contributed by atoms with Crippen molar-refractivity contribution in [3.05, 3.63) is 22.2 Å². The maximum Gasteiger partial charge on any atom is 0.412 e. The second-order valence-electron chi connectivity index (χ2n) is 5.30. The molecule has 9 nitrogen and oxygen atoms in total. The molecular formula is C15H19N3O6S. The van der Waals surface area contributed by atoms with Crippen molar-refractivity contribution >= 4 is 23.7 Å². The Balaban J connectivity index is 2.23. The van der Waals surface area contributed by atoms with Crippen molar-refractivity contribution in [1.82, 2.24) is 9.55 Å². The van der Waals surface area contributed by atoms with Crippen molar-refractivity contribution in [2.24, 2.45) is 0 Å². The fourth-order valence-electron chi connectivity index (χ4n) is 2.26. The van der Waals surface area contributed by atoms with E-state index in [1.54, 1.807) is 6.92 Å². The van der Waals surface area contributed by atoms with E-state index in [2.05, 4.69) is 16.2 Å². The Kier molecular flexibility index (Phi) is 6.44. The number of hydrogen-bond acceptors (Lipinski definition) is 8. The molecule has 10 heteroatoms. The summed E-state index contributed by atoms with van der Waals surface area (Å²) in [6, 6.07) is 0. The number of anilines is 1. The standard InChI is InChI=1S/C15H19N3O6S/c1-4-9-7-18(13-11(20)10(19)8(2)24-13)14(21)16-12(9)17-15(22)23-5-6-25-3/h1,7-8,10-11,13,19-20H,5-6H2,2-3H3,(H,16,17,21,22)/t8-,10?,11?,13-/m1/s1. The third kappa shape index (κ3) is 4.32. The molecule has 2 rings (SSSR count). The molecule has 1 aliphatic rings. The molecule has 2 unspecified atom stereocenters. The first-order valence-electron chi connectivity index (χ1n) is 7.43. The highest BCUT2D eigenvalue weighted by molar-refractivity contribution is 7.98. The summed E-state index contributed by atoms with van der Waals surface area (Å²) < 4.78 is 11.3. The Morgan fingerprint density at radius 1 is 1.56 bits per heavy atom. The molecular weight excluding hydrogens is 350 g/mol. The lowest BCUT2D eigenvalue weighted by Gasteiger charge is -2.18. The number of ether oxygens (including phenoxy) is 2. The van der Waals surface area contributed by atoms with E-state index >= 15 is 0 Å². The lowest BCUT2D eigenvalue weighted by Crippen LogP contribution is -2.36. The Hall–Kier alpha value is -2.06. The van der Waals surface area contributed by atoms with Crippen LogP contribution in [0.5, 0.6) is 0 Å². The van der Waals surface area contributed by atoms with Gasteiger partial charge in [0.25, 0.3) is 0 Å². The monoisotopic (exact) mass is 369 g/mol. The fraction of sp³-hybridized carbons (Fsp3) is 0.533. The second-order valence-corrected chi connectivity index (χ2v) is 6.29. The summed E-state index contributed by atoms with van der Waals surface area (Å²) in [4.78, 5) is 27.6. The van der Waals surface area contributed by atoms with E-state index in [1.165, 1.54) is 18.0 Å². The van der Waals surface area contributed by atoms with E-state index in [4.69, 9.17) is 15.9 Å². The number of nitrogens with zero attached hydrogens (tertiary/aromatic N) is 2. The van der Waals surface area contributed by atoms with Gasteiger partial charge in [-0.25, -0.2) is 9.59 Å². The van der Waals surface area contributed by atoms with Gasteiger partial charge in [0, 0.05) is 11.9 Å². The van der Waals surface area contributed by atoms with Gasteiger partial charge in [0.05, 0.1) is 11.7 Å². The highest BCUT2D eigenvalue weighted by Crippen LogP contribution is 2.28. The zero-order valence-electron chi connectivity index (χ0n) is 13.7. The van der Waals surface area contributed by atoms with Gasteiger partial charge in [0.15, 0.2) is 12.0 Å². The summed E-state index contributed by atoms with van der Waals surface area (Å²) in [6.45, 7) is 1.77. The quantitative estimate of drug-likeness (QED) is 0.481. The Bertz CT molecular complexity index is 731. The third-order valence-electron chi connectivity index (χ3n) is 3.60. The summed E-state index contributed by atoms with van der Waals surface area (Å²) in [7, 11) is 0. The van der Waals surface area contributed by atoms with Gasteiger partial charge in [0.2, 0.25) is 0 Å². The van der Waals surface area contributed by atoms with Crippen molar-refractivity contribution < 1.29 is 24.5 Å². The number of carbonyl (C=O) groups is 1. The highest BCUT2D eigenvalue weighted by Gasteiger charge is 2.42. The number of terminal acetylenes is 1. The van der Waals surface area contributed by atoms with E-state index in [0.717, 1.165) is 4.57 Å². The Morgan fingerprint density at radius 2 is 2.28 bits per heavy atom. The molecule has 0 bridgehead atoms. The van der Waals surface area contributed by atoms with E-state index < -0.39 is 36.3 Å². The van der Waals surface area contributed by atoms with Gasteiger partial charge in [-0.1, -0.05) is 5.92 Å². The third-order valence-corrected chi connectivity index (χ3v) is 4.17. The summed E-state index contributed by atoms with van der Waals surface area (Å²) in [5, 5.41) is 22.1. The molecule has 2 heterocycles. The van der Waals surface area contributed by atoms with Crippen molar-refractivity contribution in [2.75, 3.05) is 23.9 Å². The lowest BCUT2D eigenvalue weighted by atomic mass is 10.1. The van der Waals surface area contributed by atoms with Crippen LogP contribution >= 0.6 is 11.8 Å². The van der Waals surface area contributed by atoms with E-state index in [-0.39, 0.29) is 18.0 Å². The largest absolute Gasteiger partial charge is 0.448 e. The van der Waals surface area contributed by atoms with Crippen LogP contribution in [0.4, 0.5) is 10.6 Å². The van der Waals surface area contributed by atoms with Crippen molar-refractivity contribution in [1.29, 1.82) is 0 Å². The summed E-state index contributed by atoms with van der Waals surface area (Å²) in [5.74, 6) is 2.80. The first kappa shape index (κ1) is 19.3. The molecule has 0 radical (unpaired) electrons. The van der Waals surface area contributed by atoms with Gasteiger partial charge < -0.3 is 19.7 Å². The van der Waals surface area contributed by atoms with Crippen LogP contribution in [0.3, 0.4) is 0 Å². The highest BCUT2D eigenvalue weighted by atomic mass is 32.2. The van der Waals surface area contributed by atoms with Crippen LogP contribution in [0.15, 0.2) is 11.0 Å². The minimum atomic E-state index is -1.31. The molecule has 1 aromatic heterocycles. The predicted octanol–water partition coefficient (Wildman–Crippen LogP) is -0.225. The van der Waals surface area contributed by atoms with Crippen LogP contribution in [0.2, 0.25) is 0 Å². The minimum absolute atomic E-state index is 0.103. The molecule has 4 atom stereocenters. The average Bonchev–Trinajstić information content (AvgIpc) is 2.83. The number of hydrogen-bond donors (Lipinski definition) is 3. The van der Waals surface area contributed by atoms with Crippen molar-refractivity contribution in [2.45, 2.75) is 31.5 Å². The van der Waals surface area contributed by atoms with Crippen molar-refractivity contribution in [3.63, 3.8) is 0 Å². The predicted molar refractivity (Wildman–Crippen MR) is 91.4 cm³/mol. The van der Waals surface area contributed by atoms with Crippen LogP contribution in [-0.4, -0.2) is 62.8 Å². The Morgan fingerprint density at radius 3 is 2.84 bits per heavy atom. The van der Waals surface area contributed by atoms with Gasteiger partial charge in [-0.2, -0.15) is 16.7 Å². The molecule has 1 amide bonds. The molecule has 0 aliphatic carbocycles.